The van der Waals surface area contributed by atoms with E-state index in [9.17, 15) is 14.9 Å². The maximum atomic E-state index is 13.5. The summed E-state index contributed by atoms with van der Waals surface area (Å²) in [6.07, 6.45) is 3.35. The summed E-state index contributed by atoms with van der Waals surface area (Å²) in [6.45, 7) is 0. The number of para-hydroxylation sites is 1. The highest BCUT2D eigenvalue weighted by Crippen LogP contribution is 2.29. The number of rotatable bonds is 5. The molecule has 0 radical (unpaired) electrons. The third-order valence-electron chi connectivity index (χ3n) is 5.88. The van der Waals surface area contributed by atoms with E-state index in [1.807, 2.05) is 53.2 Å². The average molecular weight is 554 g/mol. The van der Waals surface area contributed by atoms with Gasteiger partial charge in [0.25, 0.3) is 11.2 Å². The summed E-state index contributed by atoms with van der Waals surface area (Å²) in [6, 6.07) is 24.3. The molecule has 0 atom stereocenters. The number of nitrogens with zero attached hydrogens (tertiary/aromatic N) is 5. The Kier molecular flexibility index (Phi) is 5.50. The minimum Gasteiger partial charge on any atom is -0.453 e. The molecule has 0 amide bonds. The van der Waals surface area contributed by atoms with Gasteiger partial charge in [-0.15, -0.1) is 0 Å². The van der Waals surface area contributed by atoms with E-state index in [0.29, 0.717) is 33.6 Å². The average Bonchev–Trinajstić information content (AvgIpc) is 3.55. The number of nitro benzene ring substituents is 1. The van der Waals surface area contributed by atoms with Crippen LogP contribution in [0.3, 0.4) is 0 Å². The third-order valence-corrected chi connectivity index (χ3v) is 6.37. The highest BCUT2D eigenvalue weighted by molar-refractivity contribution is 9.10. The van der Waals surface area contributed by atoms with Crippen molar-refractivity contribution in [1.82, 2.24) is 14.2 Å². The molecule has 37 heavy (non-hydrogen) atoms. The lowest BCUT2D eigenvalue weighted by atomic mass is 10.2. The van der Waals surface area contributed by atoms with Gasteiger partial charge < -0.3 is 8.98 Å². The van der Waals surface area contributed by atoms with Crippen molar-refractivity contribution in [3.8, 4) is 17.3 Å². The standard InChI is InChI=1S/C27H16BrN5O4/c28-18-7-12-24-17(14-18)15-25(37-24)26-30-23-6-2-1-5-22(23)27(34)32(26)29-16-21-4-3-13-31(21)19-8-10-20(11-9-19)33(35)36/h1-16H. The summed E-state index contributed by atoms with van der Waals surface area (Å²) in [5, 5.41) is 16.8. The molecule has 9 nitrogen and oxygen atoms in total. The number of benzene rings is 3. The van der Waals surface area contributed by atoms with Gasteiger partial charge in [-0.1, -0.05) is 28.1 Å². The zero-order chi connectivity index (χ0) is 25.5. The molecule has 3 heterocycles. The number of nitro groups is 1. The molecule has 0 bridgehead atoms. The van der Waals surface area contributed by atoms with Crippen LogP contribution in [-0.4, -0.2) is 25.4 Å². The van der Waals surface area contributed by atoms with Crippen LogP contribution in [-0.2, 0) is 0 Å². The molecule has 0 saturated heterocycles. The van der Waals surface area contributed by atoms with Gasteiger partial charge in [-0.2, -0.15) is 9.78 Å². The Labute approximate surface area is 217 Å². The molecule has 3 aromatic heterocycles. The van der Waals surface area contributed by atoms with Crippen LogP contribution >= 0.6 is 15.9 Å². The molecule has 180 valence electrons. The van der Waals surface area contributed by atoms with Gasteiger partial charge in [-0.05, 0) is 60.7 Å². The van der Waals surface area contributed by atoms with Crippen LogP contribution in [0.2, 0.25) is 0 Å². The number of aromatic nitrogens is 3. The van der Waals surface area contributed by atoms with Gasteiger partial charge in [0.2, 0.25) is 5.82 Å². The number of hydrogen-bond donors (Lipinski definition) is 0. The van der Waals surface area contributed by atoms with E-state index in [0.717, 1.165) is 9.86 Å². The number of furan rings is 1. The molecule has 0 saturated carbocycles. The lowest BCUT2D eigenvalue weighted by Crippen LogP contribution is -2.20. The molecule has 0 fully saturated rings. The van der Waals surface area contributed by atoms with E-state index >= 15 is 0 Å². The van der Waals surface area contributed by atoms with Gasteiger partial charge in [-0.25, -0.2) is 4.98 Å². The van der Waals surface area contributed by atoms with Crippen molar-refractivity contribution in [3.05, 3.63) is 122 Å². The molecule has 0 aliphatic heterocycles. The van der Waals surface area contributed by atoms with Crippen molar-refractivity contribution in [2.24, 2.45) is 5.10 Å². The van der Waals surface area contributed by atoms with Gasteiger partial charge in [0.1, 0.15) is 5.58 Å². The fraction of sp³-hybridized carbons (Fsp3) is 0. The summed E-state index contributed by atoms with van der Waals surface area (Å²) in [4.78, 5) is 28.8. The van der Waals surface area contributed by atoms with Crippen molar-refractivity contribution in [2.45, 2.75) is 0 Å². The van der Waals surface area contributed by atoms with Crippen molar-refractivity contribution >= 4 is 49.7 Å². The maximum Gasteiger partial charge on any atom is 0.282 e. The number of hydrogen-bond acceptors (Lipinski definition) is 6. The first-order chi connectivity index (χ1) is 18.0. The fourth-order valence-electron chi connectivity index (χ4n) is 4.10. The van der Waals surface area contributed by atoms with Gasteiger partial charge in [-0.3, -0.25) is 14.9 Å². The van der Waals surface area contributed by atoms with Gasteiger partial charge >= 0.3 is 0 Å². The lowest BCUT2D eigenvalue weighted by molar-refractivity contribution is -0.384. The normalized spacial score (nSPS) is 11.6. The second kappa shape index (κ2) is 8.99. The zero-order valence-corrected chi connectivity index (χ0v) is 20.6. The van der Waals surface area contributed by atoms with Crippen molar-refractivity contribution < 1.29 is 9.34 Å². The molecule has 0 spiro atoms. The molecule has 0 unspecified atom stereocenters. The summed E-state index contributed by atoms with van der Waals surface area (Å²) in [5.74, 6) is 0.666. The molecular weight excluding hydrogens is 538 g/mol. The Hall–Kier alpha value is -4.83. The van der Waals surface area contributed by atoms with Crippen LogP contribution in [0.25, 0.3) is 39.1 Å². The smallest absolute Gasteiger partial charge is 0.282 e. The minimum atomic E-state index is -0.445. The molecule has 0 N–H and O–H groups in total. The summed E-state index contributed by atoms with van der Waals surface area (Å²) in [5.41, 5.74) is 2.22. The van der Waals surface area contributed by atoms with E-state index in [-0.39, 0.29) is 17.1 Å². The van der Waals surface area contributed by atoms with E-state index in [1.165, 1.54) is 16.8 Å². The molecule has 6 rings (SSSR count). The SMILES string of the molecule is O=c1c2ccccc2nc(-c2cc3cc(Br)ccc3o2)n1N=Cc1cccn1-c1ccc([N+](=O)[O-])cc1. The second-order valence-corrected chi connectivity index (χ2v) is 9.10. The maximum absolute atomic E-state index is 13.5. The Morgan fingerprint density at radius 2 is 1.81 bits per heavy atom. The van der Waals surface area contributed by atoms with Crippen LogP contribution < -0.4 is 5.56 Å². The molecule has 0 aliphatic rings. The number of fused-ring (bicyclic) bond motifs is 2. The van der Waals surface area contributed by atoms with Crippen molar-refractivity contribution in [2.75, 3.05) is 0 Å². The third kappa shape index (κ3) is 4.13. The topological polar surface area (TPSA) is 108 Å². The van der Waals surface area contributed by atoms with Crippen LogP contribution in [0.15, 0.2) is 110 Å². The van der Waals surface area contributed by atoms with E-state index in [4.69, 9.17) is 9.40 Å². The van der Waals surface area contributed by atoms with Crippen LogP contribution in [0, 0.1) is 10.1 Å². The van der Waals surface area contributed by atoms with E-state index < -0.39 is 4.92 Å². The van der Waals surface area contributed by atoms with Crippen molar-refractivity contribution in [1.29, 1.82) is 0 Å². The summed E-state index contributed by atoms with van der Waals surface area (Å²) < 4.78 is 9.98. The van der Waals surface area contributed by atoms with E-state index in [2.05, 4.69) is 21.0 Å². The molecular formula is C27H16BrN5O4. The second-order valence-electron chi connectivity index (χ2n) is 8.18. The van der Waals surface area contributed by atoms with Gasteiger partial charge in [0, 0.05) is 33.9 Å². The lowest BCUT2D eigenvalue weighted by Gasteiger charge is -2.08. The Morgan fingerprint density at radius 1 is 1.00 bits per heavy atom. The molecule has 3 aromatic carbocycles. The first-order valence-electron chi connectivity index (χ1n) is 11.2. The first kappa shape index (κ1) is 22.6. The largest absolute Gasteiger partial charge is 0.453 e. The van der Waals surface area contributed by atoms with Gasteiger partial charge in [0.15, 0.2) is 5.76 Å². The van der Waals surface area contributed by atoms with Crippen molar-refractivity contribution in [3.63, 3.8) is 0 Å². The monoisotopic (exact) mass is 553 g/mol. The van der Waals surface area contributed by atoms with Crippen LogP contribution in [0.4, 0.5) is 5.69 Å². The Balaban J connectivity index is 1.48. The predicted octanol–water partition coefficient (Wildman–Crippen LogP) is 6.15. The summed E-state index contributed by atoms with van der Waals surface area (Å²) >= 11 is 3.47. The quantitative estimate of drug-likeness (QED) is 0.144. The highest BCUT2D eigenvalue weighted by Gasteiger charge is 2.17. The summed E-state index contributed by atoms with van der Waals surface area (Å²) in [7, 11) is 0. The van der Waals surface area contributed by atoms with E-state index in [1.54, 1.807) is 36.5 Å². The number of non-ortho nitro benzene ring substituents is 1. The Bertz CT molecular complexity index is 1900. The Morgan fingerprint density at radius 3 is 2.62 bits per heavy atom. The zero-order valence-electron chi connectivity index (χ0n) is 19.0. The number of halogens is 1. The molecule has 6 aromatic rings. The highest BCUT2D eigenvalue weighted by atomic mass is 79.9. The minimum absolute atomic E-state index is 0.00224. The fourth-order valence-corrected chi connectivity index (χ4v) is 4.48. The van der Waals surface area contributed by atoms with Crippen LogP contribution in [0.5, 0.6) is 0 Å². The van der Waals surface area contributed by atoms with Crippen LogP contribution in [0.1, 0.15) is 5.69 Å². The van der Waals surface area contributed by atoms with Gasteiger partial charge in [0.05, 0.1) is 27.7 Å². The molecule has 0 aliphatic carbocycles. The molecule has 10 heteroatoms. The first-order valence-corrected chi connectivity index (χ1v) is 11.9. The predicted molar refractivity (Wildman–Crippen MR) is 144 cm³/mol.